The molecule has 2 heteroatoms. The normalized spacial score (nSPS) is 12.9. The molecule has 1 aromatic rings. The first-order chi connectivity index (χ1) is 6.74. The molecule has 0 aliphatic carbocycles. The molecule has 78 valence electrons. The van der Waals surface area contributed by atoms with Crippen molar-refractivity contribution in [3.63, 3.8) is 0 Å². The summed E-state index contributed by atoms with van der Waals surface area (Å²) in [4.78, 5) is 0. The third-order valence-corrected chi connectivity index (χ3v) is 3.18. The van der Waals surface area contributed by atoms with Gasteiger partial charge in [0, 0.05) is 11.2 Å². The van der Waals surface area contributed by atoms with Crippen LogP contribution in [0.15, 0.2) is 30.3 Å². The Hall–Kier alpha value is -0.500. The lowest BCUT2D eigenvalue weighted by Crippen LogP contribution is -2.19. The van der Waals surface area contributed by atoms with Gasteiger partial charge in [0.15, 0.2) is 0 Å². The molecule has 0 amide bonds. The van der Waals surface area contributed by atoms with Gasteiger partial charge in [0.05, 0.1) is 6.61 Å². The number of hydrogen-bond acceptors (Lipinski definition) is 1. The lowest BCUT2D eigenvalue weighted by Gasteiger charge is -2.18. The summed E-state index contributed by atoms with van der Waals surface area (Å²) in [5.41, 5.74) is 0. The van der Waals surface area contributed by atoms with Crippen LogP contribution in [0.3, 0.4) is 0 Å². The third-order valence-electron chi connectivity index (χ3n) is 2.35. The minimum absolute atomic E-state index is 0.579. The number of para-hydroxylation sites is 1. The van der Waals surface area contributed by atoms with Crippen LogP contribution in [0.25, 0.3) is 0 Å². The van der Waals surface area contributed by atoms with Crippen molar-refractivity contribution in [1.82, 2.24) is 0 Å². The maximum Gasteiger partial charge on any atom is 0.119 e. The highest BCUT2D eigenvalue weighted by molar-refractivity contribution is 9.09. The SMILES string of the molecule is CC(C)C(CBr)COc1ccccc1. The van der Waals surface area contributed by atoms with Crippen LogP contribution in [0, 0.1) is 11.8 Å². The van der Waals surface area contributed by atoms with Crippen LogP contribution in [-0.2, 0) is 0 Å². The van der Waals surface area contributed by atoms with E-state index < -0.39 is 0 Å². The van der Waals surface area contributed by atoms with Crippen LogP contribution < -0.4 is 4.74 Å². The fourth-order valence-electron chi connectivity index (χ4n) is 1.14. The van der Waals surface area contributed by atoms with Crippen LogP contribution in [-0.4, -0.2) is 11.9 Å². The second-order valence-corrected chi connectivity index (χ2v) is 4.43. The molecule has 14 heavy (non-hydrogen) atoms. The van der Waals surface area contributed by atoms with E-state index in [1.165, 1.54) is 0 Å². The summed E-state index contributed by atoms with van der Waals surface area (Å²) >= 11 is 3.51. The molecule has 0 spiro atoms. The van der Waals surface area contributed by atoms with Gasteiger partial charge in [-0.05, 0) is 18.1 Å². The zero-order valence-electron chi connectivity index (χ0n) is 8.74. The van der Waals surface area contributed by atoms with Crippen molar-refractivity contribution in [3.8, 4) is 5.75 Å². The van der Waals surface area contributed by atoms with Crippen molar-refractivity contribution in [3.05, 3.63) is 30.3 Å². The molecule has 1 aromatic carbocycles. The van der Waals surface area contributed by atoms with E-state index in [1.54, 1.807) is 0 Å². The summed E-state index contributed by atoms with van der Waals surface area (Å²) in [5, 5.41) is 0.998. The van der Waals surface area contributed by atoms with Gasteiger partial charge < -0.3 is 4.74 Å². The Labute approximate surface area is 94.6 Å². The summed E-state index contributed by atoms with van der Waals surface area (Å²) in [7, 11) is 0. The molecule has 0 aliphatic rings. The number of alkyl halides is 1. The molecule has 0 bridgehead atoms. The summed E-state index contributed by atoms with van der Waals surface area (Å²) in [6.07, 6.45) is 0. The Kier molecular flexibility index (Phi) is 5.02. The predicted octanol–water partition coefficient (Wildman–Crippen LogP) is 3.73. The van der Waals surface area contributed by atoms with Gasteiger partial charge in [0.2, 0.25) is 0 Å². The highest BCUT2D eigenvalue weighted by Gasteiger charge is 2.12. The highest BCUT2D eigenvalue weighted by atomic mass is 79.9. The molecule has 0 aromatic heterocycles. The molecular formula is C12H17BrO. The van der Waals surface area contributed by atoms with E-state index in [4.69, 9.17) is 4.74 Å². The van der Waals surface area contributed by atoms with E-state index >= 15 is 0 Å². The van der Waals surface area contributed by atoms with E-state index in [0.29, 0.717) is 11.8 Å². The van der Waals surface area contributed by atoms with Gasteiger partial charge in [-0.3, -0.25) is 0 Å². The standard InChI is InChI=1S/C12H17BrO/c1-10(2)11(8-13)9-14-12-6-4-3-5-7-12/h3-7,10-11H,8-9H2,1-2H3. The van der Waals surface area contributed by atoms with Crippen molar-refractivity contribution in [1.29, 1.82) is 0 Å². The van der Waals surface area contributed by atoms with Gasteiger partial charge in [-0.1, -0.05) is 48.0 Å². The van der Waals surface area contributed by atoms with Gasteiger partial charge in [-0.2, -0.15) is 0 Å². The monoisotopic (exact) mass is 256 g/mol. The molecule has 0 aliphatic heterocycles. The molecule has 1 unspecified atom stereocenters. The Morgan fingerprint density at radius 3 is 2.36 bits per heavy atom. The molecule has 0 radical (unpaired) electrons. The maximum atomic E-state index is 5.69. The number of rotatable bonds is 5. The number of ether oxygens (including phenoxy) is 1. The summed E-state index contributed by atoms with van der Waals surface area (Å²) < 4.78 is 5.69. The number of benzene rings is 1. The van der Waals surface area contributed by atoms with Gasteiger partial charge in [-0.15, -0.1) is 0 Å². The van der Waals surface area contributed by atoms with E-state index in [-0.39, 0.29) is 0 Å². The van der Waals surface area contributed by atoms with Gasteiger partial charge in [0.25, 0.3) is 0 Å². The largest absolute Gasteiger partial charge is 0.493 e. The van der Waals surface area contributed by atoms with Crippen LogP contribution >= 0.6 is 15.9 Å². The minimum atomic E-state index is 0.579. The Bertz CT molecular complexity index is 246. The second kappa shape index (κ2) is 6.07. The quantitative estimate of drug-likeness (QED) is 0.730. The lowest BCUT2D eigenvalue weighted by molar-refractivity contribution is 0.227. The average molecular weight is 257 g/mol. The number of halogens is 1. The first-order valence-corrected chi connectivity index (χ1v) is 6.10. The average Bonchev–Trinajstić information content (AvgIpc) is 2.20. The van der Waals surface area contributed by atoms with E-state index in [1.807, 2.05) is 30.3 Å². The molecule has 1 atom stereocenters. The second-order valence-electron chi connectivity index (χ2n) is 3.78. The smallest absolute Gasteiger partial charge is 0.119 e. The van der Waals surface area contributed by atoms with E-state index in [9.17, 15) is 0 Å². The van der Waals surface area contributed by atoms with Crippen LogP contribution in [0.1, 0.15) is 13.8 Å². The zero-order chi connectivity index (χ0) is 10.4. The molecule has 1 nitrogen and oxygen atoms in total. The fraction of sp³-hybridized carbons (Fsp3) is 0.500. The van der Waals surface area contributed by atoms with Crippen LogP contribution in [0.5, 0.6) is 5.75 Å². The Morgan fingerprint density at radius 1 is 1.21 bits per heavy atom. The van der Waals surface area contributed by atoms with Gasteiger partial charge in [-0.25, -0.2) is 0 Å². The summed E-state index contributed by atoms with van der Waals surface area (Å²) in [6, 6.07) is 9.97. The fourth-order valence-corrected chi connectivity index (χ4v) is 2.07. The Balaban J connectivity index is 2.40. The summed E-state index contributed by atoms with van der Waals surface area (Å²) in [5.74, 6) is 2.19. The highest BCUT2D eigenvalue weighted by Crippen LogP contribution is 2.16. The summed E-state index contributed by atoms with van der Waals surface area (Å²) in [6.45, 7) is 5.23. The number of hydrogen-bond donors (Lipinski definition) is 0. The minimum Gasteiger partial charge on any atom is -0.493 e. The van der Waals surface area contributed by atoms with Crippen molar-refractivity contribution in [2.45, 2.75) is 13.8 Å². The zero-order valence-corrected chi connectivity index (χ0v) is 10.3. The molecule has 0 saturated heterocycles. The van der Waals surface area contributed by atoms with Gasteiger partial charge >= 0.3 is 0 Å². The Morgan fingerprint density at radius 2 is 1.86 bits per heavy atom. The van der Waals surface area contributed by atoms with Crippen LogP contribution in [0.4, 0.5) is 0 Å². The maximum absolute atomic E-state index is 5.69. The predicted molar refractivity (Wildman–Crippen MR) is 64.1 cm³/mol. The molecule has 0 saturated carbocycles. The first-order valence-electron chi connectivity index (χ1n) is 4.98. The van der Waals surface area contributed by atoms with E-state index in [2.05, 4.69) is 29.8 Å². The molecule has 1 rings (SSSR count). The topological polar surface area (TPSA) is 9.23 Å². The van der Waals surface area contributed by atoms with Crippen LogP contribution in [0.2, 0.25) is 0 Å². The molecule has 0 heterocycles. The molecule has 0 fully saturated rings. The van der Waals surface area contributed by atoms with Crippen molar-refractivity contribution >= 4 is 15.9 Å². The van der Waals surface area contributed by atoms with Crippen molar-refractivity contribution in [2.24, 2.45) is 11.8 Å². The van der Waals surface area contributed by atoms with Crippen molar-refractivity contribution < 1.29 is 4.74 Å². The first kappa shape index (κ1) is 11.6. The molecule has 0 N–H and O–H groups in total. The van der Waals surface area contributed by atoms with E-state index in [0.717, 1.165) is 17.7 Å². The third kappa shape index (κ3) is 3.70. The van der Waals surface area contributed by atoms with Crippen molar-refractivity contribution in [2.75, 3.05) is 11.9 Å². The lowest BCUT2D eigenvalue weighted by atomic mass is 9.99. The van der Waals surface area contributed by atoms with Gasteiger partial charge in [0.1, 0.15) is 5.75 Å². The molecular weight excluding hydrogens is 240 g/mol.